The van der Waals surface area contributed by atoms with Crippen molar-refractivity contribution in [3.63, 3.8) is 0 Å². The van der Waals surface area contributed by atoms with Crippen molar-refractivity contribution in [2.24, 2.45) is 5.11 Å². The van der Waals surface area contributed by atoms with Crippen molar-refractivity contribution < 1.29 is 71.9 Å². The Hall–Kier alpha value is -7.31. The van der Waals surface area contributed by atoms with E-state index < -0.39 is 111 Å². The lowest BCUT2D eigenvalue weighted by atomic mass is 9.72. The molecule has 1 unspecified atom stereocenters. The Morgan fingerprint density at radius 1 is 0.434 bits per heavy atom. The van der Waals surface area contributed by atoms with Crippen LogP contribution in [0, 0.1) is 0 Å². The second kappa shape index (κ2) is 35.3. The number of benzene rings is 8. The van der Waals surface area contributed by atoms with Crippen LogP contribution in [0.2, 0.25) is 18.1 Å². The van der Waals surface area contributed by atoms with Crippen LogP contribution in [0.1, 0.15) is 65.3 Å². The molecule has 11 rings (SSSR count). The minimum Gasteiger partial charge on any atom is -0.392 e. The van der Waals surface area contributed by atoms with E-state index in [9.17, 15) is 20.9 Å². The summed E-state index contributed by atoms with van der Waals surface area (Å²) in [7, 11) is -3.10. The summed E-state index contributed by atoms with van der Waals surface area (Å²) in [6.45, 7) is 10.6. The van der Waals surface area contributed by atoms with Crippen LogP contribution in [0.5, 0.6) is 0 Å². The Bertz CT molecular complexity index is 3690. The SMILES string of the molecule is CC(C)(C)[Si](C)(C)O[C@@H]1O[C@H](C(O)[C@@H]2O[C@H](COCc3ccccc3)[C@H](OCc3ccccc3)[C@H](OCc3ccccc3)[C@H]2OCc2ccccc2)[C@@H](O)[C@@](O)([C@@H]2O[C@H](COCc3ccccc3)[C@H](OCc3ccccc3)[C@H](OCc3ccccc3)[C@H]2OCc2ccccc2)[C@H]1N=[N+]=[N-]. The van der Waals surface area contributed by atoms with Gasteiger partial charge in [-0.15, -0.1) is 0 Å². The predicted molar refractivity (Wildman–Crippen MR) is 376 cm³/mol. The molecule has 0 spiro atoms. The molecule has 19 heteroatoms. The smallest absolute Gasteiger partial charge is 0.195 e. The predicted octanol–water partition coefficient (Wildman–Crippen LogP) is 13.3. The van der Waals surface area contributed by atoms with E-state index in [1.54, 1.807) is 0 Å². The van der Waals surface area contributed by atoms with E-state index in [0.717, 1.165) is 44.5 Å². The van der Waals surface area contributed by atoms with Crippen molar-refractivity contribution in [1.82, 2.24) is 0 Å². The van der Waals surface area contributed by atoms with E-state index in [4.69, 9.17) is 56.5 Å². The lowest BCUT2D eigenvalue weighted by Crippen LogP contribution is -2.79. The fraction of sp³-hybridized carbons (Fsp3) is 0.400. The van der Waals surface area contributed by atoms with Crippen LogP contribution < -0.4 is 0 Å². The van der Waals surface area contributed by atoms with Crippen LogP contribution >= 0.6 is 0 Å². The highest BCUT2D eigenvalue weighted by molar-refractivity contribution is 6.74. The third-order valence-electron chi connectivity index (χ3n) is 19.1. The largest absolute Gasteiger partial charge is 0.392 e. The molecule has 522 valence electrons. The summed E-state index contributed by atoms with van der Waals surface area (Å²) in [4.78, 5) is 3.39. The number of hydrogen-bond donors (Lipinski definition) is 3. The molecule has 3 aliphatic heterocycles. The normalized spacial score (nSPS) is 26.8. The third kappa shape index (κ3) is 19.0. The average molecular weight is 1360 g/mol. The summed E-state index contributed by atoms with van der Waals surface area (Å²) in [5.41, 5.74) is 14.9. The Kier molecular flexibility index (Phi) is 26.0. The molecular formula is C80H93N3O15Si. The second-order valence-corrected chi connectivity index (χ2v) is 31.9. The number of azide groups is 1. The van der Waals surface area contributed by atoms with E-state index >= 15 is 0 Å². The third-order valence-corrected chi connectivity index (χ3v) is 23.6. The number of hydrogen-bond acceptors (Lipinski definition) is 16. The highest BCUT2D eigenvalue weighted by Gasteiger charge is 2.68. The molecular weight excluding hydrogens is 1270 g/mol. The molecule has 3 fully saturated rings. The van der Waals surface area contributed by atoms with Crippen LogP contribution in [0.25, 0.3) is 10.4 Å². The summed E-state index contributed by atoms with van der Waals surface area (Å²) in [5.74, 6) is 0. The number of nitrogens with zero attached hydrogens (tertiary/aromatic N) is 3. The Balaban J connectivity index is 1.06. The van der Waals surface area contributed by atoms with Crippen molar-refractivity contribution in [2.45, 2.75) is 189 Å². The molecule has 0 aliphatic carbocycles. The maximum absolute atomic E-state index is 14.9. The zero-order valence-corrected chi connectivity index (χ0v) is 57.9. The van der Waals surface area contributed by atoms with Gasteiger partial charge in [0.2, 0.25) is 0 Å². The Morgan fingerprint density at radius 2 is 0.737 bits per heavy atom. The molecule has 0 saturated carbocycles. The van der Waals surface area contributed by atoms with Gasteiger partial charge in [-0.1, -0.05) is 269 Å². The fourth-order valence-corrected chi connectivity index (χ4v) is 13.9. The van der Waals surface area contributed by atoms with Gasteiger partial charge in [-0.3, -0.25) is 0 Å². The van der Waals surface area contributed by atoms with Gasteiger partial charge in [0.1, 0.15) is 91.0 Å². The van der Waals surface area contributed by atoms with Crippen molar-refractivity contribution in [2.75, 3.05) is 13.2 Å². The van der Waals surface area contributed by atoms with Gasteiger partial charge in [0, 0.05) is 4.91 Å². The van der Waals surface area contributed by atoms with Gasteiger partial charge in [-0.2, -0.15) is 0 Å². The van der Waals surface area contributed by atoms with Crippen LogP contribution in [0.4, 0.5) is 0 Å². The summed E-state index contributed by atoms with van der Waals surface area (Å²) >= 11 is 0. The monoisotopic (exact) mass is 1360 g/mol. The highest BCUT2D eigenvalue weighted by atomic mass is 28.4. The first-order valence-corrected chi connectivity index (χ1v) is 37.0. The van der Waals surface area contributed by atoms with Gasteiger partial charge in [0.15, 0.2) is 14.6 Å². The quantitative estimate of drug-likeness (QED) is 0.0154. The van der Waals surface area contributed by atoms with Gasteiger partial charge < -0.3 is 71.9 Å². The summed E-state index contributed by atoms with van der Waals surface area (Å²) in [6.07, 6.45) is -19.7. The molecule has 3 saturated heterocycles. The fourth-order valence-electron chi connectivity index (χ4n) is 12.8. The van der Waals surface area contributed by atoms with Crippen molar-refractivity contribution in [3.05, 3.63) is 298 Å². The number of aliphatic hydroxyl groups is 3. The van der Waals surface area contributed by atoms with Crippen molar-refractivity contribution in [3.8, 4) is 0 Å². The molecule has 3 aliphatic rings. The summed E-state index contributed by atoms with van der Waals surface area (Å²) in [5, 5.41) is 46.8. The van der Waals surface area contributed by atoms with Gasteiger partial charge in [0.05, 0.1) is 66.1 Å². The first-order chi connectivity index (χ1) is 48.2. The Labute approximate surface area is 582 Å². The minimum absolute atomic E-state index is 0.0138. The lowest BCUT2D eigenvalue weighted by molar-refractivity contribution is -0.362. The first kappa shape index (κ1) is 72.9. The highest BCUT2D eigenvalue weighted by Crippen LogP contribution is 2.48. The zero-order valence-electron chi connectivity index (χ0n) is 56.9. The number of ether oxygens (including phenoxy) is 11. The van der Waals surface area contributed by atoms with Crippen LogP contribution in [-0.4, -0.2) is 134 Å². The summed E-state index contributed by atoms with van der Waals surface area (Å²) in [6, 6.07) is 75.5. The molecule has 16 atom stereocenters. The maximum atomic E-state index is 14.9. The molecule has 8 aromatic rings. The van der Waals surface area contributed by atoms with E-state index in [1.165, 1.54) is 0 Å². The number of rotatable bonds is 32. The first-order valence-electron chi connectivity index (χ1n) is 34.1. The van der Waals surface area contributed by atoms with Gasteiger partial charge in [-0.05, 0) is 68.2 Å². The van der Waals surface area contributed by atoms with Crippen molar-refractivity contribution in [1.29, 1.82) is 0 Å². The maximum Gasteiger partial charge on any atom is 0.195 e. The minimum atomic E-state index is -3.10. The molecule has 99 heavy (non-hydrogen) atoms. The average Bonchev–Trinajstić information content (AvgIpc) is 0.717. The van der Waals surface area contributed by atoms with E-state index in [1.807, 2.05) is 277 Å². The molecule has 18 nitrogen and oxygen atoms in total. The number of aliphatic hydroxyl groups excluding tert-OH is 2. The van der Waals surface area contributed by atoms with Crippen molar-refractivity contribution >= 4 is 8.32 Å². The molecule has 0 amide bonds. The van der Waals surface area contributed by atoms with E-state index in [-0.39, 0.29) is 66.1 Å². The van der Waals surface area contributed by atoms with Gasteiger partial charge in [-0.25, -0.2) is 0 Å². The molecule has 8 aromatic carbocycles. The van der Waals surface area contributed by atoms with E-state index in [0.29, 0.717) is 0 Å². The molecule has 0 aromatic heterocycles. The topological polar surface area (TPSA) is 220 Å². The van der Waals surface area contributed by atoms with Crippen LogP contribution in [-0.2, 0) is 109 Å². The molecule has 3 heterocycles. The van der Waals surface area contributed by atoms with Gasteiger partial charge in [0.25, 0.3) is 0 Å². The van der Waals surface area contributed by atoms with E-state index in [2.05, 4.69) is 10.0 Å². The van der Waals surface area contributed by atoms with Gasteiger partial charge >= 0.3 is 0 Å². The molecule has 0 bridgehead atoms. The Morgan fingerprint density at radius 3 is 1.08 bits per heavy atom. The zero-order chi connectivity index (χ0) is 69.0. The molecule has 3 N–H and O–H groups in total. The standard InChI is InChI=1S/C80H93N3O15Si/c1-79(2,3)99(4,5)98-78-75(82-83-81)80(86,77-74(94-53-63-44-28-13-29-45-63)72(92-51-61-40-24-11-25-41-61)68(90-49-59-36-20-9-21-37-59)65(96-77)55-88-47-57-32-16-7-17-33-57)76(85)70(97-78)66(84)69-73(93-52-62-42-26-12-27-43-62)71(91-50-60-38-22-10-23-39-60)67(89-48-58-34-18-8-19-35-58)64(95-69)54-87-46-56-30-14-6-15-31-56/h6-45,64-78,84-86H,46-55H2,1-5H3/t64-,65-,66?,67+,68+,69+,70-,71+,72+,73+,74-,75+,76-,77-,78+,80-/m1/s1. The summed E-state index contributed by atoms with van der Waals surface area (Å²) < 4.78 is 85.1. The van der Waals surface area contributed by atoms with Crippen LogP contribution in [0.15, 0.2) is 248 Å². The van der Waals surface area contributed by atoms with Crippen LogP contribution in [0.3, 0.4) is 0 Å². The lowest BCUT2D eigenvalue weighted by Gasteiger charge is -2.58. The molecule has 0 radical (unpaired) electrons. The second-order valence-electron chi connectivity index (χ2n) is 27.1.